The quantitative estimate of drug-likeness (QED) is 0.460. The summed E-state index contributed by atoms with van der Waals surface area (Å²) < 4.78 is 2.19. The molecule has 0 bridgehead atoms. The smallest absolute Gasteiger partial charge is 0.276 e. The fraction of sp³-hybridized carbons (Fsp3) is 0.450. The third kappa shape index (κ3) is 3.54. The van der Waals surface area contributed by atoms with E-state index in [4.69, 9.17) is 0 Å². The summed E-state index contributed by atoms with van der Waals surface area (Å²) in [4.78, 5) is 25.4. The predicted molar refractivity (Wildman–Crippen MR) is 103 cm³/mol. The molecule has 8 heteroatoms. The predicted octanol–water partition coefficient (Wildman–Crippen LogP) is 3.29. The van der Waals surface area contributed by atoms with Crippen LogP contribution in [0.4, 0.5) is 5.69 Å². The standard InChI is InChI=1S/C20H23N5O3/c26-19(12-11-15-7-3-4-8-16(15)25(27)28)23-14-6-9-17(23)20-22-21-18-10-2-1-5-13-24(18)20/h3-4,7-8,11-12,17H,1-2,5-6,9-10,13-14H2/b12-11+. The fourth-order valence-corrected chi connectivity index (χ4v) is 4.10. The molecule has 1 unspecified atom stereocenters. The van der Waals surface area contributed by atoms with E-state index in [1.807, 2.05) is 4.90 Å². The minimum atomic E-state index is -0.436. The Labute approximate surface area is 163 Å². The molecule has 0 N–H and O–H groups in total. The van der Waals surface area contributed by atoms with Gasteiger partial charge in [0.05, 0.1) is 16.5 Å². The third-order valence-corrected chi connectivity index (χ3v) is 5.51. The van der Waals surface area contributed by atoms with Gasteiger partial charge >= 0.3 is 0 Å². The van der Waals surface area contributed by atoms with Crippen LogP contribution in [0.25, 0.3) is 6.08 Å². The Bertz CT molecular complexity index is 920. The molecule has 146 valence electrons. The number of aromatic nitrogens is 3. The van der Waals surface area contributed by atoms with Crippen LogP contribution in [0.1, 0.15) is 55.4 Å². The number of aryl methyl sites for hydroxylation is 1. The van der Waals surface area contributed by atoms with E-state index in [9.17, 15) is 14.9 Å². The molecule has 0 spiro atoms. The molecular formula is C20H23N5O3. The van der Waals surface area contributed by atoms with Crippen molar-refractivity contribution in [2.75, 3.05) is 6.54 Å². The number of amides is 1. The first-order chi connectivity index (χ1) is 13.6. The topological polar surface area (TPSA) is 94.2 Å². The lowest BCUT2D eigenvalue weighted by Gasteiger charge is -2.23. The SMILES string of the molecule is O=C(/C=C/c1ccccc1[N+](=O)[O-])N1CCCC1c1nnc2n1CCCCC2. The monoisotopic (exact) mass is 381 g/mol. The van der Waals surface area contributed by atoms with Crippen LogP contribution in [0.15, 0.2) is 30.3 Å². The normalized spacial score (nSPS) is 19.6. The Morgan fingerprint density at radius 2 is 2.00 bits per heavy atom. The highest BCUT2D eigenvalue weighted by Gasteiger charge is 2.33. The van der Waals surface area contributed by atoms with Gasteiger partial charge < -0.3 is 9.47 Å². The molecule has 0 aliphatic carbocycles. The zero-order valence-electron chi connectivity index (χ0n) is 15.7. The second kappa shape index (κ2) is 7.92. The van der Waals surface area contributed by atoms with Gasteiger partial charge in [0.2, 0.25) is 5.91 Å². The maximum atomic E-state index is 12.9. The lowest BCUT2D eigenvalue weighted by Crippen LogP contribution is -2.30. The van der Waals surface area contributed by atoms with Gasteiger partial charge in [0.15, 0.2) is 5.82 Å². The van der Waals surface area contributed by atoms with E-state index in [-0.39, 0.29) is 17.6 Å². The number of rotatable bonds is 4. The number of nitro groups is 1. The maximum absolute atomic E-state index is 12.9. The number of hydrogen-bond donors (Lipinski definition) is 0. The molecule has 0 radical (unpaired) electrons. The van der Waals surface area contributed by atoms with Gasteiger partial charge in [0.25, 0.3) is 5.69 Å². The van der Waals surface area contributed by atoms with Crippen LogP contribution in [0.2, 0.25) is 0 Å². The van der Waals surface area contributed by atoms with Gasteiger partial charge in [0, 0.05) is 31.7 Å². The minimum Gasteiger partial charge on any atom is -0.329 e. The molecule has 0 saturated carbocycles. The van der Waals surface area contributed by atoms with Crippen molar-refractivity contribution in [3.05, 3.63) is 57.7 Å². The highest BCUT2D eigenvalue weighted by molar-refractivity contribution is 5.92. The molecule has 1 saturated heterocycles. The molecule has 1 fully saturated rings. The number of hydrogen-bond acceptors (Lipinski definition) is 5. The lowest BCUT2D eigenvalue weighted by atomic mass is 10.1. The van der Waals surface area contributed by atoms with Gasteiger partial charge in [-0.25, -0.2) is 0 Å². The zero-order chi connectivity index (χ0) is 19.5. The number of benzene rings is 1. The molecule has 8 nitrogen and oxygen atoms in total. The van der Waals surface area contributed by atoms with Crippen LogP contribution in [0, 0.1) is 10.1 Å². The molecule has 28 heavy (non-hydrogen) atoms. The first-order valence-corrected chi connectivity index (χ1v) is 9.79. The Kier molecular flexibility index (Phi) is 5.18. The second-order valence-corrected chi connectivity index (χ2v) is 7.28. The molecule has 4 rings (SSSR count). The molecule has 2 aliphatic heterocycles. The molecule has 3 heterocycles. The summed E-state index contributed by atoms with van der Waals surface area (Å²) in [7, 11) is 0. The van der Waals surface area contributed by atoms with Crippen LogP contribution < -0.4 is 0 Å². The van der Waals surface area contributed by atoms with Crippen molar-refractivity contribution in [3.8, 4) is 0 Å². The number of nitro benzene ring substituents is 1. The average Bonchev–Trinajstić information content (AvgIpc) is 3.27. The van der Waals surface area contributed by atoms with Gasteiger partial charge in [-0.2, -0.15) is 0 Å². The van der Waals surface area contributed by atoms with E-state index < -0.39 is 4.92 Å². The third-order valence-electron chi connectivity index (χ3n) is 5.51. The first-order valence-electron chi connectivity index (χ1n) is 9.79. The highest BCUT2D eigenvalue weighted by atomic mass is 16.6. The molecule has 1 aromatic heterocycles. The molecule has 1 atom stereocenters. The van der Waals surface area contributed by atoms with Crippen LogP contribution in [0.5, 0.6) is 0 Å². The largest absolute Gasteiger partial charge is 0.329 e. The summed E-state index contributed by atoms with van der Waals surface area (Å²) in [6.45, 7) is 1.56. The van der Waals surface area contributed by atoms with Crippen molar-refractivity contribution < 1.29 is 9.72 Å². The summed E-state index contributed by atoms with van der Waals surface area (Å²) in [5, 5.41) is 19.9. The number of para-hydroxylation sites is 1. The van der Waals surface area contributed by atoms with Crippen LogP contribution >= 0.6 is 0 Å². The Morgan fingerprint density at radius 3 is 2.86 bits per heavy atom. The lowest BCUT2D eigenvalue weighted by molar-refractivity contribution is -0.385. The average molecular weight is 381 g/mol. The van der Waals surface area contributed by atoms with Crippen LogP contribution in [0.3, 0.4) is 0 Å². The summed E-state index contributed by atoms with van der Waals surface area (Å²) in [5.74, 6) is 1.75. The summed E-state index contributed by atoms with van der Waals surface area (Å²) in [5.41, 5.74) is 0.417. The number of carbonyl (C=O) groups is 1. The molecule has 2 aromatic rings. The van der Waals surface area contributed by atoms with Crippen LogP contribution in [-0.4, -0.2) is 37.0 Å². The van der Waals surface area contributed by atoms with Gasteiger partial charge in [-0.3, -0.25) is 14.9 Å². The van der Waals surface area contributed by atoms with Gasteiger partial charge in [0.1, 0.15) is 5.82 Å². The number of fused-ring (bicyclic) bond motifs is 1. The highest BCUT2D eigenvalue weighted by Crippen LogP contribution is 2.32. The number of carbonyl (C=O) groups excluding carboxylic acids is 1. The Hall–Kier alpha value is -3.03. The number of likely N-dealkylation sites (tertiary alicyclic amines) is 1. The fourth-order valence-electron chi connectivity index (χ4n) is 4.10. The van der Waals surface area contributed by atoms with Crippen molar-refractivity contribution >= 4 is 17.7 Å². The van der Waals surface area contributed by atoms with Gasteiger partial charge in [-0.15, -0.1) is 10.2 Å². The van der Waals surface area contributed by atoms with Gasteiger partial charge in [-0.05, 0) is 37.8 Å². The van der Waals surface area contributed by atoms with Crippen molar-refractivity contribution in [2.45, 2.75) is 51.1 Å². The molecular weight excluding hydrogens is 358 g/mol. The van der Waals surface area contributed by atoms with E-state index in [1.165, 1.54) is 24.6 Å². The van der Waals surface area contributed by atoms with Crippen molar-refractivity contribution in [3.63, 3.8) is 0 Å². The Morgan fingerprint density at radius 1 is 1.14 bits per heavy atom. The van der Waals surface area contributed by atoms with Crippen molar-refractivity contribution in [1.82, 2.24) is 19.7 Å². The van der Waals surface area contributed by atoms with E-state index in [0.29, 0.717) is 12.1 Å². The van der Waals surface area contributed by atoms with Crippen molar-refractivity contribution in [1.29, 1.82) is 0 Å². The summed E-state index contributed by atoms with van der Waals surface area (Å²) >= 11 is 0. The summed E-state index contributed by atoms with van der Waals surface area (Å²) in [6, 6.07) is 6.34. The van der Waals surface area contributed by atoms with E-state index in [0.717, 1.165) is 50.3 Å². The minimum absolute atomic E-state index is 0.00713. The van der Waals surface area contributed by atoms with E-state index >= 15 is 0 Å². The first kappa shape index (κ1) is 18.3. The van der Waals surface area contributed by atoms with Gasteiger partial charge in [-0.1, -0.05) is 18.6 Å². The zero-order valence-corrected chi connectivity index (χ0v) is 15.7. The molecule has 1 aromatic carbocycles. The van der Waals surface area contributed by atoms with Crippen molar-refractivity contribution in [2.24, 2.45) is 0 Å². The van der Waals surface area contributed by atoms with E-state index in [1.54, 1.807) is 18.2 Å². The van der Waals surface area contributed by atoms with Crippen LogP contribution in [-0.2, 0) is 17.8 Å². The van der Waals surface area contributed by atoms with E-state index in [2.05, 4.69) is 14.8 Å². The Balaban J connectivity index is 1.55. The maximum Gasteiger partial charge on any atom is 0.276 e. The molecule has 1 amide bonds. The molecule has 2 aliphatic rings. The second-order valence-electron chi connectivity index (χ2n) is 7.28. The number of nitrogens with zero attached hydrogens (tertiary/aromatic N) is 5. The summed E-state index contributed by atoms with van der Waals surface area (Å²) in [6.07, 6.45) is 9.10.